The van der Waals surface area contributed by atoms with Crippen molar-refractivity contribution in [2.45, 2.75) is 97.0 Å². The molecule has 0 amide bonds. The maximum Gasteiger partial charge on any atom is 0.234 e. The van der Waals surface area contributed by atoms with Gasteiger partial charge in [-0.25, -0.2) is 4.90 Å². The van der Waals surface area contributed by atoms with E-state index in [1.54, 1.807) is 14.2 Å². The Labute approximate surface area is 300 Å². The molecule has 2 aliphatic heterocycles. The van der Waals surface area contributed by atoms with Gasteiger partial charge in [0, 0.05) is 38.6 Å². The maximum atomic E-state index is 12.0. The van der Waals surface area contributed by atoms with Crippen LogP contribution in [0, 0.1) is 23.7 Å². The number of hydrogen-bond donors (Lipinski definition) is 1. The van der Waals surface area contributed by atoms with Gasteiger partial charge in [0.2, 0.25) is 5.91 Å². The van der Waals surface area contributed by atoms with E-state index in [0.717, 1.165) is 48.3 Å². The molecule has 0 radical (unpaired) electrons. The van der Waals surface area contributed by atoms with Crippen LogP contribution in [0.15, 0.2) is 78.9 Å². The minimum atomic E-state index is -0.886. The third-order valence-corrected chi connectivity index (χ3v) is 11.0. The van der Waals surface area contributed by atoms with Gasteiger partial charge in [-0.3, -0.25) is 0 Å². The van der Waals surface area contributed by atoms with E-state index in [1.165, 1.54) is 10.6 Å². The lowest BCUT2D eigenvalue weighted by Gasteiger charge is -2.39. The normalized spacial score (nSPS) is 25.2. The van der Waals surface area contributed by atoms with Crippen LogP contribution >= 0.6 is 0 Å². The highest BCUT2D eigenvalue weighted by molar-refractivity contribution is 5.43. The lowest BCUT2D eigenvalue weighted by atomic mass is 9.81. The summed E-state index contributed by atoms with van der Waals surface area (Å²) in [6.45, 7) is 12.9. The minimum Gasteiger partial charge on any atom is -0.493 e. The van der Waals surface area contributed by atoms with Crippen LogP contribution in [0.4, 0.5) is 0 Å². The molecule has 2 saturated heterocycles. The molecule has 7 atom stereocenters. The molecule has 3 aromatic carbocycles. The second-order valence-corrected chi connectivity index (χ2v) is 14.9. The van der Waals surface area contributed by atoms with Gasteiger partial charge in [-0.15, -0.1) is 0 Å². The van der Waals surface area contributed by atoms with Crippen molar-refractivity contribution in [1.82, 2.24) is 9.96 Å². The number of methoxy groups -OCH3 is 2. The first kappa shape index (κ1) is 38.3. The van der Waals surface area contributed by atoms with Crippen molar-refractivity contribution in [3.8, 4) is 11.5 Å². The van der Waals surface area contributed by atoms with Crippen molar-refractivity contribution in [1.29, 1.82) is 0 Å². The summed E-state index contributed by atoms with van der Waals surface area (Å²) in [5, 5.41) is 13.6. The fourth-order valence-electron chi connectivity index (χ4n) is 7.88. The Kier molecular flexibility index (Phi) is 13.4. The lowest BCUT2D eigenvalue weighted by Crippen LogP contribution is -2.52. The first-order valence-electron chi connectivity index (χ1n) is 18.5. The monoisotopic (exact) mass is 688 g/mol. The molecule has 1 spiro atoms. The molecule has 8 heteroatoms. The van der Waals surface area contributed by atoms with Gasteiger partial charge in [0.1, 0.15) is 6.10 Å². The van der Waals surface area contributed by atoms with Crippen LogP contribution in [0.2, 0.25) is 0 Å². The van der Waals surface area contributed by atoms with Crippen molar-refractivity contribution in [2.24, 2.45) is 23.7 Å². The number of ether oxygens (including phenoxy) is 5. The smallest absolute Gasteiger partial charge is 0.234 e. The van der Waals surface area contributed by atoms with E-state index in [9.17, 15) is 5.21 Å². The molecule has 0 aliphatic carbocycles. The summed E-state index contributed by atoms with van der Waals surface area (Å²) in [6.07, 6.45) is 2.83. The molecule has 2 heterocycles. The van der Waals surface area contributed by atoms with Crippen LogP contribution in [-0.4, -0.2) is 73.8 Å². The van der Waals surface area contributed by atoms with Crippen LogP contribution in [0.1, 0.15) is 76.7 Å². The number of hydrogen-bond acceptors (Lipinski definition) is 8. The van der Waals surface area contributed by atoms with E-state index in [4.69, 9.17) is 23.7 Å². The highest BCUT2D eigenvalue weighted by Crippen LogP contribution is 2.53. The van der Waals surface area contributed by atoms with Crippen LogP contribution in [-0.2, 0) is 27.2 Å². The second-order valence-electron chi connectivity index (χ2n) is 14.9. The van der Waals surface area contributed by atoms with Gasteiger partial charge in [-0.1, -0.05) is 94.4 Å². The Hall–Kier alpha value is -2.98. The molecule has 0 saturated carbocycles. The SMILES string of the molecule is COCCCOc1cc(C[C@@H](C[C@H]([C@@H]2C[C@@H](C(C)C)[C@@]3(O2)O[C@@H](c2ccccc2)[C@H](C)N3C)N(O)Cc2ccccc2)C(C)C)ccc1OC. The molecule has 1 N–H and O–H groups in total. The van der Waals surface area contributed by atoms with Gasteiger partial charge in [0.15, 0.2) is 11.5 Å². The van der Waals surface area contributed by atoms with E-state index < -0.39 is 5.91 Å². The zero-order chi connectivity index (χ0) is 35.8. The van der Waals surface area contributed by atoms with Crippen molar-refractivity contribution in [3.63, 3.8) is 0 Å². The molecule has 0 unspecified atom stereocenters. The summed E-state index contributed by atoms with van der Waals surface area (Å²) in [5.41, 5.74) is 3.40. The predicted molar refractivity (Wildman–Crippen MR) is 197 cm³/mol. The summed E-state index contributed by atoms with van der Waals surface area (Å²) in [4.78, 5) is 2.30. The largest absolute Gasteiger partial charge is 0.493 e. The summed E-state index contributed by atoms with van der Waals surface area (Å²) in [6, 6.07) is 26.8. The number of hydroxylamine groups is 2. The fourth-order valence-corrected chi connectivity index (χ4v) is 7.88. The quantitative estimate of drug-likeness (QED) is 0.112. The average Bonchev–Trinajstić information content (AvgIpc) is 3.62. The van der Waals surface area contributed by atoms with E-state index in [2.05, 4.69) is 95.1 Å². The van der Waals surface area contributed by atoms with E-state index in [0.29, 0.717) is 31.6 Å². The molecular formula is C42H60N2O6. The fraction of sp³-hybridized carbons (Fsp3) is 0.571. The molecule has 3 aromatic rings. The zero-order valence-electron chi connectivity index (χ0n) is 31.5. The van der Waals surface area contributed by atoms with Crippen LogP contribution in [0.25, 0.3) is 0 Å². The van der Waals surface area contributed by atoms with E-state index in [1.807, 2.05) is 30.3 Å². The molecule has 50 heavy (non-hydrogen) atoms. The number of nitrogens with zero attached hydrogens (tertiary/aromatic N) is 2. The lowest BCUT2D eigenvalue weighted by molar-refractivity contribution is -0.306. The number of benzene rings is 3. The molecule has 0 bridgehead atoms. The third kappa shape index (κ3) is 8.72. The molecule has 5 rings (SSSR count). The van der Waals surface area contributed by atoms with E-state index in [-0.39, 0.29) is 36.1 Å². The summed E-state index contributed by atoms with van der Waals surface area (Å²) in [5.74, 6) is 1.64. The molecular weight excluding hydrogens is 628 g/mol. The van der Waals surface area contributed by atoms with Gasteiger partial charge in [-0.05, 0) is 79.8 Å². The number of rotatable bonds is 17. The highest BCUT2D eigenvalue weighted by Gasteiger charge is 2.62. The Morgan fingerprint density at radius 2 is 1.60 bits per heavy atom. The Bertz CT molecular complexity index is 1460. The Morgan fingerprint density at radius 3 is 2.24 bits per heavy atom. The Morgan fingerprint density at radius 1 is 0.900 bits per heavy atom. The molecule has 2 aliphatic rings. The van der Waals surface area contributed by atoms with Crippen LogP contribution < -0.4 is 9.47 Å². The summed E-state index contributed by atoms with van der Waals surface area (Å²) < 4.78 is 31.3. The van der Waals surface area contributed by atoms with Crippen molar-refractivity contribution in [2.75, 3.05) is 34.5 Å². The Balaban J connectivity index is 1.43. The first-order valence-corrected chi connectivity index (χ1v) is 18.5. The van der Waals surface area contributed by atoms with Gasteiger partial charge in [0.25, 0.3) is 0 Å². The second kappa shape index (κ2) is 17.5. The summed E-state index contributed by atoms with van der Waals surface area (Å²) >= 11 is 0. The van der Waals surface area contributed by atoms with E-state index >= 15 is 0 Å². The minimum absolute atomic E-state index is 0.112. The van der Waals surface area contributed by atoms with Crippen LogP contribution in [0.3, 0.4) is 0 Å². The predicted octanol–water partition coefficient (Wildman–Crippen LogP) is 8.38. The molecule has 274 valence electrons. The third-order valence-electron chi connectivity index (χ3n) is 11.0. The van der Waals surface area contributed by atoms with Crippen LogP contribution in [0.5, 0.6) is 11.5 Å². The maximum absolute atomic E-state index is 12.0. The van der Waals surface area contributed by atoms with Gasteiger partial charge in [0.05, 0.1) is 25.9 Å². The topological polar surface area (TPSA) is 72.9 Å². The molecule has 0 aromatic heterocycles. The summed E-state index contributed by atoms with van der Waals surface area (Å²) in [7, 11) is 5.51. The molecule has 8 nitrogen and oxygen atoms in total. The number of likely N-dealkylation sites (N-methyl/N-ethyl adjacent to an activating group) is 1. The zero-order valence-corrected chi connectivity index (χ0v) is 31.5. The molecule has 2 fully saturated rings. The van der Waals surface area contributed by atoms with Gasteiger partial charge < -0.3 is 28.9 Å². The van der Waals surface area contributed by atoms with Gasteiger partial charge >= 0.3 is 0 Å². The van der Waals surface area contributed by atoms with Crippen molar-refractivity contribution in [3.05, 3.63) is 95.6 Å². The average molecular weight is 689 g/mol. The standard InChI is InChI=1S/C42H60N2O6/c1-29(2)35(24-33-20-21-38(47-8)40(25-33)48-23-15-22-46-7)26-37(44(45)28-32-16-11-9-12-17-32)39-27-36(30(3)4)42(49-39)43(6)31(5)41(50-42)34-18-13-10-14-19-34/h9-14,16-21,25,29-31,35-37,39,41,45H,15,22-24,26-28H2,1-8H3/t31-,35-,36-,37+,39-,41+,42+/m0/s1. The van der Waals surface area contributed by atoms with Crippen molar-refractivity contribution >= 4 is 0 Å². The van der Waals surface area contributed by atoms with Crippen molar-refractivity contribution < 1.29 is 28.9 Å². The van der Waals surface area contributed by atoms with Gasteiger partial charge in [-0.2, -0.15) is 5.06 Å². The highest BCUT2D eigenvalue weighted by atomic mass is 16.7. The first-order chi connectivity index (χ1) is 24.1.